The zero-order valence-electron chi connectivity index (χ0n) is 22.4. The third kappa shape index (κ3) is 7.63. The lowest BCUT2D eigenvalue weighted by Gasteiger charge is -2.39. The maximum Gasteiger partial charge on any atom is 0.142 e. The van der Waals surface area contributed by atoms with Crippen LogP contribution >= 0.6 is 0 Å². The van der Waals surface area contributed by atoms with E-state index in [9.17, 15) is 0 Å². The fraction of sp³-hybridized carbons (Fsp3) is 0.419. The van der Waals surface area contributed by atoms with Crippen molar-refractivity contribution in [1.29, 1.82) is 0 Å². The first-order valence-electron chi connectivity index (χ1n) is 13.3. The van der Waals surface area contributed by atoms with Gasteiger partial charge < -0.3 is 28.7 Å². The molecule has 1 heterocycles. The molecule has 3 aromatic rings. The molecule has 0 saturated heterocycles. The van der Waals surface area contributed by atoms with Gasteiger partial charge in [0, 0.05) is 13.1 Å². The Balaban J connectivity index is 1.34. The van der Waals surface area contributed by atoms with Crippen molar-refractivity contribution in [1.82, 2.24) is 4.90 Å². The summed E-state index contributed by atoms with van der Waals surface area (Å²) in [4.78, 5) is 4.82. The molecule has 0 aromatic heterocycles. The second kappa shape index (κ2) is 13.9. The summed E-state index contributed by atoms with van der Waals surface area (Å²) >= 11 is 0. The summed E-state index contributed by atoms with van der Waals surface area (Å²) in [7, 11) is 1.70. The van der Waals surface area contributed by atoms with Crippen LogP contribution in [0.5, 0.6) is 17.2 Å². The Labute approximate surface area is 221 Å². The van der Waals surface area contributed by atoms with E-state index in [4.69, 9.17) is 18.9 Å². The van der Waals surface area contributed by atoms with Gasteiger partial charge in [0.25, 0.3) is 0 Å². The zero-order chi connectivity index (χ0) is 25.9. The average molecular weight is 505 g/mol. The smallest absolute Gasteiger partial charge is 0.142 e. The van der Waals surface area contributed by atoms with Gasteiger partial charge in [-0.25, -0.2) is 0 Å². The number of methoxy groups -OCH3 is 1. The van der Waals surface area contributed by atoms with Crippen molar-refractivity contribution in [3.05, 3.63) is 83.9 Å². The van der Waals surface area contributed by atoms with E-state index in [2.05, 4.69) is 72.2 Å². The summed E-state index contributed by atoms with van der Waals surface area (Å²) in [6.45, 7) is 10.8. The van der Waals surface area contributed by atoms with E-state index >= 15 is 0 Å². The van der Waals surface area contributed by atoms with Crippen LogP contribution in [-0.4, -0.2) is 64.1 Å². The summed E-state index contributed by atoms with van der Waals surface area (Å²) in [6.07, 6.45) is 0.897. The van der Waals surface area contributed by atoms with Gasteiger partial charge in [0.15, 0.2) is 0 Å². The molecule has 0 unspecified atom stereocenters. The van der Waals surface area contributed by atoms with Crippen molar-refractivity contribution in [3.8, 4) is 17.2 Å². The highest BCUT2D eigenvalue weighted by Gasteiger charge is 2.27. The maximum absolute atomic E-state index is 6.14. The van der Waals surface area contributed by atoms with Crippen molar-refractivity contribution in [2.75, 3.05) is 58.1 Å². The van der Waals surface area contributed by atoms with Crippen LogP contribution in [0.3, 0.4) is 0 Å². The van der Waals surface area contributed by atoms with Crippen LogP contribution in [0.4, 0.5) is 5.69 Å². The Morgan fingerprint density at radius 1 is 0.838 bits per heavy atom. The summed E-state index contributed by atoms with van der Waals surface area (Å²) in [5, 5.41) is 0. The van der Waals surface area contributed by atoms with Crippen LogP contribution < -0.4 is 19.1 Å². The molecule has 1 atom stereocenters. The van der Waals surface area contributed by atoms with Gasteiger partial charge in [0.2, 0.25) is 0 Å². The quantitative estimate of drug-likeness (QED) is 0.272. The predicted molar refractivity (Wildman–Crippen MR) is 149 cm³/mol. The molecule has 3 aromatic carbocycles. The molecule has 0 radical (unpaired) electrons. The molecule has 0 aliphatic carbocycles. The van der Waals surface area contributed by atoms with Gasteiger partial charge in [0.05, 0.1) is 32.1 Å². The van der Waals surface area contributed by atoms with Gasteiger partial charge in [-0.15, -0.1) is 0 Å². The predicted octanol–water partition coefficient (Wildman–Crippen LogP) is 5.44. The van der Waals surface area contributed by atoms with Crippen molar-refractivity contribution in [2.24, 2.45) is 0 Å². The molecule has 198 valence electrons. The van der Waals surface area contributed by atoms with Crippen molar-refractivity contribution in [2.45, 2.75) is 32.9 Å². The normalized spacial score (nSPS) is 14.8. The third-order valence-electron chi connectivity index (χ3n) is 6.90. The molecule has 4 rings (SSSR count). The zero-order valence-corrected chi connectivity index (χ0v) is 22.4. The standard InChI is InChI=1S/C31H40N2O4/c1-4-32(5-2)18-19-35-20-21-36-29-16-12-26(13-17-29)23-33-27(22-25-10-14-28(34-3)15-11-25)24-37-31-9-7-6-8-30(31)33/h6-17,27H,4-5,18-24H2,1-3H3/t27-/m0/s1. The molecule has 37 heavy (non-hydrogen) atoms. The number of fused-ring (bicyclic) bond motifs is 1. The summed E-state index contributed by atoms with van der Waals surface area (Å²) in [5.41, 5.74) is 3.63. The summed E-state index contributed by atoms with van der Waals surface area (Å²) in [6, 6.07) is 25.2. The Morgan fingerprint density at radius 3 is 2.27 bits per heavy atom. The van der Waals surface area contributed by atoms with E-state index in [-0.39, 0.29) is 6.04 Å². The fourth-order valence-corrected chi connectivity index (χ4v) is 4.65. The molecule has 0 fully saturated rings. The van der Waals surface area contributed by atoms with E-state index in [1.54, 1.807) is 7.11 Å². The molecular formula is C31H40N2O4. The number of ether oxygens (including phenoxy) is 4. The van der Waals surface area contributed by atoms with Crippen LogP contribution in [0.2, 0.25) is 0 Å². The number of rotatable bonds is 14. The number of anilines is 1. The Kier molecular flexibility index (Phi) is 10.1. The number of hydrogen-bond acceptors (Lipinski definition) is 6. The minimum atomic E-state index is 0.229. The van der Waals surface area contributed by atoms with Gasteiger partial charge in [-0.05, 0) is 67.0 Å². The van der Waals surface area contributed by atoms with Crippen molar-refractivity contribution in [3.63, 3.8) is 0 Å². The highest BCUT2D eigenvalue weighted by atomic mass is 16.5. The van der Waals surface area contributed by atoms with Gasteiger partial charge >= 0.3 is 0 Å². The Bertz CT molecular complexity index is 1070. The maximum atomic E-state index is 6.14. The minimum absolute atomic E-state index is 0.229. The largest absolute Gasteiger partial charge is 0.497 e. The molecule has 6 nitrogen and oxygen atoms in total. The molecule has 6 heteroatoms. The first kappa shape index (κ1) is 26.8. The highest BCUT2D eigenvalue weighted by molar-refractivity contribution is 5.61. The molecule has 1 aliphatic heterocycles. The lowest BCUT2D eigenvalue weighted by atomic mass is 10.0. The number of hydrogen-bond donors (Lipinski definition) is 0. The fourth-order valence-electron chi connectivity index (χ4n) is 4.65. The van der Waals surface area contributed by atoms with Crippen molar-refractivity contribution >= 4 is 5.69 Å². The molecular weight excluding hydrogens is 464 g/mol. The first-order valence-corrected chi connectivity index (χ1v) is 13.3. The third-order valence-corrected chi connectivity index (χ3v) is 6.90. The van der Waals surface area contributed by atoms with E-state index in [1.165, 1.54) is 11.1 Å². The number of likely N-dealkylation sites (N-methyl/N-ethyl adjacent to an activating group) is 1. The molecule has 0 spiro atoms. The van der Waals surface area contributed by atoms with E-state index in [1.807, 2.05) is 24.3 Å². The number of para-hydroxylation sites is 2. The van der Waals surface area contributed by atoms with Crippen molar-refractivity contribution < 1.29 is 18.9 Å². The first-order chi connectivity index (χ1) is 18.2. The second-order valence-electron chi connectivity index (χ2n) is 9.24. The van der Waals surface area contributed by atoms with Gasteiger partial charge in [-0.3, -0.25) is 0 Å². The van der Waals surface area contributed by atoms with E-state index in [0.29, 0.717) is 19.8 Å². The SMILES string of the molecule is CCN(CC)CCOCCOc1ccc(CN2c3ccccc3OC[C@@H]2Cc2ccc(OC)cc2)cc1. The molecule has 1 aliphatic rings. The van der Waals surface area contributed by atoms with Crippen LogP contribution in [-0.2, 0) is 17.7 Å². The summed E-state index contributed by atoms with van der Waals surface area (Å²) < 4.78 is 23.1. The topological polar surface area (TPSA) is 43.4 Å². The Hall–Kier alpha value is -3.22. The van der Waals surface area contributed by atoms with Gasteiger partial charge in [-0.1, -0.05) is 50.2 Å². The molecule has 0 saturated carbocycles. The van der Waals surface area contributed by atoms with E-state index < -0.39 is 0 Å². The Morgan fingerprint density at radius 2 is 1.54 bits per heavy atom. The van der Waals surface area contributed by atoms with Crippen LogP contribution in [0, 0.1) is 0 Å². The average Bonchev–Trinajstić information content (AvgIpc) is 2.95. The lowest BCUT2D eigenvalue weighted by Crippen LogP contribution is -2.44. The van der Waals surface area contributed by atoms with Gasteiger partial charge in [-0.2, -0.15) is 0 Å². The monoisotopic (exact) mass is 504 g/mol. The number of nitrogens with zero attached hydrogens (tertiary/aromatic N) is 2. The van der Waals surface area contributed by atoms with E-state index in [0.717, 1.165) is 62.1 Å². The lowest BCUT2D eigenvalue weighted by molar-refractivity contribution is 0.0819. The molecule has 0 amide bonds. The molecule has 0 bridgehead atoms. The number of benzene rings is 3. The van der Waals surface area contributed by atoms with Crippen LogP contribution in [0.25, 0.3) is 0 Å². The molecule has 0 N–H and O–H groups in total. The van der Waals surface area contributed by atoms with Crippen LogP contribution in [0.15, 0.2) is 72.8 Å². The van der Waals surface area contributed by atoms with Crippen LogP contribution in [0.1, 0.15) is 25.0 Å². The van der Waals surface area contributed by atoms with Gasteiger partial charge in [0.1, 0.15) is 30.5 Å². The minimum Gasteiger partial charge on any atom is -0.497 e. The second-order valence-corrected chi connectivity index (χ2v) is 9.24. The highest BCUT2D eigenvalue weighted by Crippen LogP contribution is 2.36. The summed E-state index contributed by atoms with van der Waals surface area (Å²) in [5.74, 6) is 2.68.